The molecular weight excluding hydrogens is 238 g/mol. The van der Waals surface area contributed by atoms with Crippen LogP contribution in [0.15, 0.2) is 18.3 Å². The Kier molecular flexibility index (Phi) is 4.77. The number of carbonyl (C=O) groups excluding carboxylic acids is 1. The lowest BCUT2D eigenvalue weighted by molar-refractivity contribution is 0.0917. The molecule has 0 atom stereocenters. The second-order valence-corrected chi connectivity index (χ2v) is 5.87. The van der Waals surface area contributed by atoms with E-state index in [2.05, 4.69) is 23.9 Å². The van der Waals surface area contributed by atoms with E-state index in [1.54, 1.807) is 0 Å². The van der Waals surface area contributed by atoms with Crippen molar-refractivity contribution in [1.82, 2.24) is 14.4 Å². The third-order valence-corrected chi connectivity index (χ3v) is 4.05. The topological polar surface area (TPSA) is 28.5 Å². The van der Waals surface area contributed by atoms with Gasteiger partial charge in [0.15, 0.2) is 5.78 Å². The van der Waals surface area contributed by atoms with Gasteiger partial charge in [0.05, 0.1) is 12.2 Å². The molecule has 4 nitrogen and oxygen atoms in total. The molecule has 19 heavy (non-hydrogen) atoms. The van der Waals surface area contributed by atoms with E-state index in [0.29, 0.717) is 6.54 Å². The second kappa shape index (κ2) is 6.35. The maximum atomic E-state index is 12.2. The number of hydrogen-bond acceptors (Lipinski definition) is 3. The Labute approximate surface area is 116 Å². The van der Waals surface area contributed by atoms with Gasteiger partial charge < -0.3 is 9.47 Å². The van der Waals surface area contributed by atoms with E-state index in [1.165, 1.54) is 25.9 Å². The van der Waals surface area contributed by atoms with Crippen LogP contribution < -0.4 is 0 Å². The van der Waals surface area contributed by atoms with Crippen LogP contribution in [-0.4, -0.2) is 60.4 Å². The molecule has 0 radical (unpaired) electrons. The van der Waals surface area contributed by atoms with Crippen molar-refractivity contribution in [3.63, 3.8) is 0 Å². The molecule has 0 spiro atoms. The number of aryl methyl sites for hydroxylation is 1. The van der Waals surface area contributed by atoms with Crippen molar-refractivity contribution in [2.24, 2.45) is 13.0 Å². The zero-order valence-corrected chi connectivity index (χ0v) is 12.3. The van der Waals surface area contributed by atoms with Crippen molar-refractivity contribution < 1.29 is 4.79 Å². The van der Waals surface area contributed by atoms with Gasteiger partial charge >= 0.3 is 0 Å². The zero-order chi connectivity index (χ0) is 13.8. The van der Waals surface area contributed by atoms with Gasteiger partial charge in [-0.2, -0.15) is 0 Å². The van der Waals surface area contributed by atoms with E-state index in [-0.39, 0.29) is 5.78 Å². The maximum Gasteiger partial charge on any atom is 0.193 e. The molecule has 1 aromatic heterocycles. The van der Waals surface area contributed by atoms with Gasteiger partial charge in [0, 0.05) is 19.8 Å². The molecule has 0 unspecified atom stereocenters. The van der Waals surface area contributed by atoms with Gasteiger partial charge in [-0.05, 0) is 58.1 Å². The average molecular weight is 263 g/mol. The number of aromatic nitrogens is 1. The summed E-state index contributed by atoms with van der Waals surface area (Å²) >= 11 is 0. The first-order valence-corrected chi connectivity index (χ1v) is 7.08. The molecule has 0 saturated carbocycles. The molecule has 0 N–H and O–H groups in total. The van der Waals surface area contributed by atoms with Gasteiger partial charge in [0.1, 0.15) is 0 Å². The smallest absolute Gasteiger partial charge is 0.193 e. The van der Waals surface area contributed by atoms with Gasteiger partial charge in [-0.25, -0.2) is 0 Å². The zero-order valence-electron chi connectivity index (χ0n) is 12.3. The minimum atomic E-state index is 0.211. The van der Waals surface area contributed by atoms with Crippen LogP contribution in [-0.2, 0) is 7.05 Å². The van der Waals surface area contributed by atoms with Crippen LogP contribution in [0.3, 0.4) is 0 Å². The molecule has 0 bridgehead atoms. The summed E-state index contributed by atoms with van der Waals surface area (Å²) in [6.07, 6.45) is 4.42. The Morgan fingerprint density at radius 3 is 2.63 bits per heavy atom. The van der Waals surface area contributed by atoms with Crippen LogP contribution in [0.25, 0.3) is 0 Å². The van der Waals surface area contributed by atoms with Gasteiger partial charge in [0.2, 0.25) is 0 Å². The van der Waals surface area contributed by atoms with Crippen LogP contribution in [0.1, 0.15) is 23.3 Å². The van der Waals surface area contributed by atoms with Crippen LogP contribution in [0.5, 0.6) is 0 Å². The molecule has 1 fully saturated rings. The van der Waals surface area contributed by atoms with Gasteiger partial charge in [-0.15, -0.1) is 0 Å². The van der Waals surface area contributed by atoms with Gasteiger partial charge in [-0.3, -0.25) is 9.69 Å². The molecule has 0 aromatic carbocycles. The van der Waals surface area contributed by atoms with Crippen molar-refractivity contribution in [3.05, 3.63) is 24.0 Å². The number of rotatable bonds is 5. The van der Waals surface area contributed by atoms with Crippen molar-refractivity contribution in [3.8, 4) is 0 Å². The molecule has 0 aliphatic carbocycles. The summed E-state index contributed by atoms with van der Waals surface area (Å²) in [5, 5.41) is 0. The van der Waals surface area contributed by atoms with Crippen LogP contribution >= 0.6 is 0 Å². The molecule has 106 valence electrons. The highest BCUT2D eigenvalue weighted by atomic mass is 16.1. The number of carbonyl (C=O) groups is 1. The number of ketones is 1. The first kappa shape index (κ1) is 14.3. The Hall–Kier alpha value is -1.13. The standard InChI is InChI=1S/C15H25N3O/c1-16-9-6-13(7-10-16)11-17(2)12-15(19)14-5-4-8-18(14)3/h4-5,8,13H,6-7,9-12H2,1-3H3. The molecule has 2 heterocycles. The molecular formula is C15H25N3O. The molecule has 1 aromatic rings. The SMILES string of the molecule is CN1CCC(CN(C)CC(=O)c2cccn2C)CC1. The lowest BCUT2D eigenvalue weighted by atomic mass is 9.96. The lowest BCUT2D eigenvalue weighted by Gasteiger charge is -2.31. The summed E-state index contributed by atoms with van der Waals surface area (Å²) in [6, 6.07) is 3.82. The molecule has 4 heteroatoms. The van der Waals surface area contributed by atoms with Crippen molar-refractivity contribution >= 4 is 5.78 Å². The third-order valence-electron chi connectivity index (χ3n) is 4.05. The van der Waals surface area contributed by atoms with Crippen LogP contribution in [0.2, 0.25) is 0 Å². The highest BCUT2D eigenvalue weighted by Gasteiger charge is 2.19. The minimum Gasteiger partial charge on any atom is -0.348 e. The summed E-state index contributed by atoms with van der Waals surface area (Å²) in [7, 11) is 6.15. The molecule has 1 saturated heterocycles. The molecule has 1 aliphatic heterocycles. The number of hydrogen-bond donors (Lipinski definition) is 0. The Bertz CT molecular complexity index is 419. The fourth-order valence-electron chi connectivity index (χ4n) is 2.83. The third kappa shape index (κ3) is 3.91. The summed E-state index contributed by atoms with van der Waals surface area (Å²) in [5.41, 5.74) is 0.801. The van der Waals surface area contributed by atoms with E-state index in [4.69, 9.17) is 0 Å². The van der Waals surface area contributed by atoms with Crippen LogP contribution in [0, 0.1) is 5.92 Å². The largest absolute Gasteiger partial charge is 0.348 e. The van der Waals surface area contributed by atoms with E-state index in [1.807, 2.05) is 29.9 Å². The number of piperidine rings is 1. The Morgan fingerprint density at radius 1 is 1.37 bits per heavy atom. The summed E-state index contributed by atoms with van der Waals surface area (Å²) < 4.78 is 1.89. The van der Waals surface area contributed by atoms with E-state index in [0.717, 1.165) is 18.2 Å². The Morgan fingerprint density at radius 2 is 2.05 bits per heavy atom. The average Bonchev–Trinajstić information content (AvgIpc) is 2.78. The van der Waals surface area contributed by atoms with Crippen LogP contribution in [0.4, 0.5) is 0 Å². The number of likely N-dealkylation sites (tertiary alicyclic amines) is 1. The first-order valence-electron chi connectivity index (χ1n) is 7.08. The predicted octanol–water partition coefficient (Wildman–Crippen LogP) is 1.48. The van der Waals surface area contributed by atoms with Crippen molar-refractivity contribution in [1.29, 1.82) is 0 Å². The summed E-state index contributed by atoms with van der Waals surface area (Å²) in [6.45, 7) is 3.92. The lowest BCUT2D eigenvalue weighted by Crippen LogP contribution is -2.37. The molecule has 0 amide bonds. The summed E-state index contributed by atoms with van der Waals surface area (Å²) in [4.78, 5) is 16.7. The minimum absolute atomic E-state index is 0.211. The number of nitrogens with zero attached hydrogens (tertiary/aromatic N) is 3. The monoisotopic (exact) mass is 263 g/mol. The highest BCUT2D eigenvalue weighted by molar-refractivity contribution is 5.96. The van der Waals surface area contributed by atoms with Gasteiger partial charge in [0.25, 0.3) is 0 Å². The second-order valence-electron chi connectivity index (χ2n) is 5.87. The quantitative estimate of drug-likeness (QED) is 0.753. The molecule has 1 aliphatic rings. The predicted molar refractivity (Wildman–Crippen MR) is 77.5 cm³/mol. The number of likely N-dealkylation sites (N-methyl/N-ethyl adjacent to an activating group) is 1. The van der Waals surface area contributed by atoms with Gasteiger partial charge in [-0.1, -0.05) is 0 Å². The normalized spacial score (nSPS) is 18.1. The van der Waals surface area contributed by atoms with E-state index >= 15 is 0 Å². The summed E-state index contributed by atoms with van der Waals surface area (Å²) in [5.74, 6) is 0.949. The number of Topliss-reactive ketones (excluding diaryl/α,β-unsaturated/α-hetero) is 1. The van der Waals surface area contributed by atoms with Crippen molar-refractivity contribution in [2.45, 2.75) is 12.8 Å². The van der Waals surface area contributed by atoms with E-state index < -0.39 is 0 Å². The highest BCUT2D eigenvalue weighted by Crippen LogP contribution is 2.16. The fraction of sp³-hybridized carbons (Fsp3) is 0.667. The first-order chi connectivity index (χ1) is 9.06. The van der Waals surface area contributed by atoms with Crippen molar-refractivity contribution in [2.75, 3.05) is 40.3 Å². The van der Waals surface area contributed by atoms with E-state index in [9.17, 15) is 4.79 Å². The molecule has 2 rings (SSSR count). The fourth-order valence-corrected chi connectivity index (χ4v) is 2.83. The Balaban J connectivity index is 1.80. The maximum absolute atomic E-state index is 12.2.